The molecule has 0 bridgehead atoms. The Kier molecular flexibility index (Phi) is 3.93. The molecule has 1 aliphatic heterocycles. The van der Waals surface area contributed by atoms with Crippen LogP contribution in [0.15, 0.2) is 0 Å². The maximum Gasteiger partial charge on any atom is 0.471 e. The Morgan fingerprint density at radius 2 is 1.75 bits per heavy atom. The van der Waals surface area contributed by atoms with Crippen molar-refractivity contribution in [3.8, 4) is 0 Å². The van der Waals surface area contributed by atoms with Crippen molar-refractivity contribution in [2.24, 2.45) is 5.92 Å². The average Bonchev–Trinajstić information content (AvgIpc) is 2.26. The molecule has 1 fully saturated rings. The largest absolute Gasteiger partial charge is 0.471 e. The number of amides is 1. The van der Waals surface area contributed by atoms with E-state index < -0.39 is 12.1 Å². The van der Waals surface area contributed by atoms with Gasteiger partial charge in [-0.2, -0.15) is 13.2 Å². The number of carbonyl (C=O) groups excluding carboxylic acids is 2. The molecule has 0 atom stereocenters. The van der Waals surface area contributed by atoms with E-state index in [1.807, 2.05) is 0 Å². The van der Waals surface area contributed by atoms with Gasteiger partial charge in [0.05, 0.1) is 0 Å². The summed E-state index contributed by atoms with van der Waals surface area (Å²) >= 11 is 0. The fourth-order valence-corrected chi connectivity index (χ4v) is 1.87. The van der Waals surface area contributed by atoms with Crippen molar-refractivity contribution in [2.75, 3.05) is 13.1 Å². The summed E-state index contributed by atoms with van der Waals surface area (Å²) in [5, 5.41) is 0. The number of carbonyl (C=O) groups is 2. The van der Waals surface area contributed by atoms with Crippen LogP contribution in [0.4, 0.5) is 13.2 Å². The summed E-state index contributed by atoms with van der Waals surface area (Å²) in [6.45, 7) is 1.78. The summed E-state index contributed by atoms with van der Waals surface area (Å²) < 4.78 is 36.3. The van der Waals surface area contributed by atoms with E-state index in [1.165, 1.54) is 0 Å². The van der Waals surface area contributed by atoms with Crippen LogP contribution < -0.4 is 0 Å². The summed E-state index contributed by atoms with van der Waals surface area (Å²) in [7, 11) is 0. The van der Waals surface area contributed by atoms with Gasteiger partial charge in [-0.15, -0.1) is 0 Å². The van der Waals surface area contributed by atoms with E-state index in [9.17, 15) is 22.8 Å². The first-order valence-electron chi connectivity index (χ1n) is 5.25. The van der Waals surface area contributed by atoms with Gasteiger partial charge >= 0.3 is 12.1 Å². The maximum atomic E-state index is 12.1. The van der Waals surface area contributed by atoms with Crippen LogP contribution in [0.1, 0.15) is 26.2 Å². The van der Waals surface area contributed by atoms with Gasteiger partial charge in [0.2, 0.25) is 0 Å². The zero-order chi connectivity index (χ0) is 12.3. The Bertz CT molecular complexity index is 280. The molecule has 0 aromatic rings. The number of hydrogen-bond donors (Lipinski definition) is 0. The number of nitrogens with zero attached hydrogens (tertiary/aromatic N) is 1. The second kappa shape index (κ2) is 4.84. The first-order valence-corrected chi connectivity index (χ1v) is 5.25. The van der Waals surface area contributed by atoms with E-state index >= 15 is 0 Å². The Morgan fingerprint density at radius 1 is 1.25 bits per heavy atom. The van der Waals surface area contributed by atoms with Gasteiger partial charge in [0.25, 0.3) is 0 Å². The molecule has 0 unspecified atom stereocenters. The molecule has 16 heavy (non-hydrogen) atoms. The third-order valence-corrected chi connectivity index (χ3v) is 2.83. The Balaban J connectivity index is 2.49. The summed E-state index contributed by atoms with van der Waals surface area (Å²) in [4.78, 5) is 23.0. The van der Waals surface area contributed by atoms with Gasteiger partial charge in [0.1, 0.15) is 5.78 Å². The molecule has 0 aliphatic carbocycles. The molecule has 0 saturated carbocycles. The monoisotopic (exact) mass is 237 g/mol. The van der Waals surface area contributed by atoms with Crippen LogP contribution in [0, 0.1) is 5.92 Å². The Morgan fingerprint density at radius 3 is 2.12 bits per heavy atom. The standard InChI is InChI=1S/C10H14F3NO2/c1-2-8(15)7-3-5-14(6-4-7)9(16)10(11,12)13/h7H,2-6H2,1H3. The minimum absolute atomic E-state index is 0.0226. The highest BCUT2D eigenvalue weighted by molar-refractivity contribution is 5.83. The molecule has 92 valence electrons. The summed E-state index contributed by atoms with van der Waals surface area (Å²) in [6.07, 6.45) is -3.72. The predicted octanol–water partition coefficient (Wildman–Crippen LogP) is 1.77. The molecule has 1 saturated heterocycles. The van der Waals surface area contributed by atoms with Crippen molar-refractivity contribution in [1.82, 2.24) is 4.90 Å². The van der Waals surface area contributed by atoms with Gasteiger partial charge in [-0.3, -0.25) is 9.59 Å². The van der Waals surface area contributed by atoms with Crippen molar-refractivity contribution in [3.63, 3.8) is 0 Å². The maximum absolute atomic E-state index is 12.1. The van der Waals surface area contributed by atoms with E-state index in [1.54, 1.807) is 6.92 Å². The van der Waals surface area contributed by atoms with E-state index in [2.05, 4.69) is 0 Å². The number of halogens is 3. The number of likely N-dealkylation sites (tertiary alicyclic amines) is 1. The predicted molar refractivity (Wildman–Crippen MR) is 50.7 cm³/mol. The second-order valence-electron chi connectivity index (χ2n) is 3.88. The van der Waals surface area contributed by atoms with E-state index in [0.29, 0.717) is 19.3 Å². The highest BCUT2D eigenvalue weighted by Crippen LogP contribution is 2.24. The van der Waals surface area contributed by atoms with Crippen LogP contribution in [0.3, 0.4) is 0 Å². The van der Waals surface area contributed by atoms with Crippen LogP contribution >= 0.6 is 0 Å². The summed E-state index contributed by atoms with van der Waals surface area (Å²) in [5.41, 5.74) is 0. The molecular weight excluding hydrogens is 223 g/mol. The van der Waals surface area contributed by atoms with Crippen molar-refractivity contribution < 1.29 is 22.8 Å². The molecule has 1 aliphatic rings. The van der Waals surface area contributed by atoms with E-state index in [4.69, 9.17) is 0 Å². The molecule has 6 heteroatoms. The van der Waals surface area contributed by atoms with Crippen molar-refractivity contribution in [1.29, 1.82) is 0 Å². The molecule has 3 nitrogen and oxygen atoms in total. The van der Waals surface area contributed by atoms with Gasteiger partial charge in [-0.05, 0) is 12.8 Å². The molecule has 0 aromatic heterocycles. The number of piperidine rings is 1. The van der Waals surface area contributed by atoms with Crippen LogP contribution in [0.2, 0.25) is 0 Å². The quantitative estimate of drug-likeness (QED) is 0.734. The van der Waals surface area contributed by atoms with Crippen molar-refractivity contribution in [3.05, 3.63) is 0 Å². The van der Waals surface area contributed by atoms with Crippen LogP contribution in [-0.4, -0.2) is 35.9 Å². The van der Waals surface area contributed by atoms with Gasteiger partial charge in [0.15, 0.2) is 0 Å². The zero-order valence-electron chi connectivity index (χ0n) is 9.01. The third-order valence-electron chi connectivity index (χ3n) is 2.83. The fraction of sp³-hybridized carbons (Fsp3) is 0.800. The SMILES string of the molecule is CCC(=O)C1CCN(C(=O)C(F)(F)F)CC1. The lowest BCUT2D eigenvalue weighted by atomic mass is 9.91. The highest BCUT2D eigenvalue weighted by Gasteiger charge is 2.43. The molecule has 1 heterocycles. The first-order chi connectivity index (χ1) is 7.36. The Labute approximate surface area is 91.6 Å². The highest BCUT2D eigenvalue weighted by atomic mass is 19.4. The lowest BCUT2D eigenvalue weighted by molar-refractivity contribution is -0.186. The minimum Gasteiger partial charge on any atom is -0.335 e. The lowest BCUT2D eigenvalue weighted by Crippen LogP contribution is -2.46. The van der Waals surface area contributed by atoms with Crippen LogP contribution in [0.25, 0.3) is 0 Å². The van der Waals surface area contributed by atoms with Gasteiger partial charge < -0.3 is 4.90 Å². The van der Waals surface area contributed by atoms with Gasteiger partial charge in [0, 0.05) is 25.4 Å². The number of Topliss-reactive ketones (excluding diaryl/α,β-unsaturated/α-hetero) is 1. The zero-order valence-corrected chi connectivity index (χ0v) is 9.01. The molecule has 0 spiro atoms. The van der Waals surface area contributed by atoms with Crippen LogP contribution in [-0.2, 0) is 9.59 Å². The van der Waals surface area contributed by atoms with E-state index in [0.717, 1.165) is 4.90 Å². The summed E-state index contributed by atoms with van der Waals surface area (Å²) in [5.74, 6) is -1.91. The third kappa shape index (κ3) is 2.96. The van der Waals surface area contributed by atoms with Crippen molar-refractivity contribution >= 4 is 11.7 Å². The molecule has 0 N–H and O–H groups in total. The molecule has 1 amide bonds. The average molecular weight is 237 g/mol. The normalized spacial score (nSPS) is 18.6. The Hall–Kier alpha value is -1.07. The first kappa shape index (κ1) is 13.0. The molecular formula is C10H14F3NO2. The fourth-order valence-electron chi connectivity index (χ4n) is 1.87. The molecule has 1 rings (SSSR count). The number of alkyl halides is 3. The lowest BCUT2D eigenvalue weighted by Gasteiger charge is -2.31. The number of rotatable bonds is 2. The summed E-state index contributed by atoms with van der Waals surface area (Å²) in [6, 6.07) is 0. The number of ketones is 1. The number of hydrogen-bond acceptors (Lipinski definition) is 2. The minimum atomic E-state index is -4.80. The van der Waals surface area contributed by atoms with Crippen molar-refractivity contribution in [2.45, 2.75) is 32.4 Å². The van der Waals surface area contributed by atoms with Gasteiger partial charge in [-0.1, -0.05) is 6.92 Å². The molecule has 0 aromatic carbocycles. The van der Waals surface area contributed by atoms with Gasteiger partial charge in [-0.25, -0.2) is 0 Å². The second-order valence-corrected chi connectivity index (χ2v) is 3.88. The smallest absolute Gasteiger partial charge is 0.335 e. The van der Waals surface area contributed by atoms with E-state index in [-0.39, 0.29) is 24.8 Å². The topological polar surface area (TPSA) is 37.4 Å². The van der Waals surface area contributed by atoms with Crippen LogP contribution in [0.5, 0.6) is 0 Å². The molecule has 0 radical (unpaired) electrons.